The molecule has 0 aromatic heterocycles. The second-order valence-electron chi connectivity index (χ2n) is 6.45. The van der Waals surface area contributed by atoms with E-state index in [2.05, 4.69) is 17.0 Å². The van der Waals surface area contributed by atoms with Crippen LogP contribution in [0, 0.1) is 17.2 Å². The first kappa shape index (κ1) is 19.5. The van der Waals surface area contributed by atoms with E-state index in [4.69, 9.17) is 4.74 Å². The number of hydrogen-bond acceptors (Lipinski definition) is 5. The monoisotopic (exact) mass is 356 g/mol. The highest BCUT2D eigenvalue weighted by molar-refractivity contribution is 6.01. The quantitative estimate of drug-likeness (QED) is 0.481. The zero-order chi connectivity index (χ0) is 18.9. The van der Waals surface area contributed by atoms with Crippen LogP contribution in [0.1, 0.15) is 38.2 Å². The molecule has 1 fully saturated rings. The number of amides is 1. The average Bonchev–Trinajstić information content (AvgIpc) is 2.66. The molecule has 26 heavy (non-hydrogen) atoms. The molecule has 2 rings (SSSR count). The van der Waals surface area contributed by atoms with Gasteiger partial charge in [0.15, 0.2) is 6.61 Å². The van der Waals surface area contributed by atoms with E-state index in [-0.39, 0.29) is 24.1 Å². The molecule has 0 bridgehead atoms. The van der Waals surface area contributed by atoms with Gasteiger partial charge in [-0.05, 0) is 42.5 Å². The Morgan fingerprint density at radius 1 is 1.27 bits per heavy atom. The average molecular weight is 356 g/mol. The van der Waals surface area contributed by atoms with Gasteiger partial charge < -0.3 is 14.8 Å². The SMILES string of the molecule is COC(=O)COc1ccc(C=C(C#N)C(=O)NC2CCCCC2C)cc1. The van der Waals surface area contributed by atoms with Crippen LogP contribution >= 0.6 is 0 Å². The number of carbonyl (C=O) groups excluding carboxylic acids is 2. The molecular weight excluding hydrogens is 332 g/mol. The third kappa shape index (κ3) is 5.62. The molecule has 1 saturated carbocycles. The lowest BCUT2D eigenvalue weighted by molar-refractivity contribution is -0.142. The van der Waals surface area contributed by atoms with Gasteiger partial charge in [-0.25, -0.2) is 4.79 Å². The van der Waals surface area contributed by atoms with Crippen LogP contribution in [0.15, 0.2) is 29.8 Å². The van der Waals surface area contributed by atoms with Gasteiger partial charge in [0.2, 0.25) is 0 Å². The number of ether oxygens (including phenoxy) is 2. The Morgan fingerprint density at radius 3 is 2.58 bits per heavy atom. The van der Waals surface area contributed by atoms with Crippen LogP contribution in [-0.2, 0) is 14.3 Å². The molecule has 0 aliphatic heterocycles. The first-order chi connectivity index (χ1) is 12.5. The summed E-state index contributed by atoms with van der Waals surface area (Å²) in [5.41, 5.74) is 0.782. The molecule has 1 amide bonds. The summed E-state index contributed by atoms with van der Waals surface area (Å²) in [5.74, 6) is 0.136. The van der Waals surface area contributed by atoms with Crippen LogP contribution in [0.3, 0.4) is 0 Å². The molecule has 0 radical (unpaired) electrons. The summed E-state index contributed by atoms with van der Waals surface area (Å²) in [4.78, 5) is 23.5. The number of rotatable bonds is 6. The lowest BCUT2D eigenvalue weighted by Crippen LogP contribution is -2.41. The predicted octanol–water partition coefficient (Wildman–Crippen LogP) is 2.84. The van der Waals surface area contributed by atoms with E-state index >= 15 is 0 Å². The molecular formula is C20H24N2O4. The maximum Gasteiger partial charge on any atom is 0.343 e. The van der Waals surface area contributed by atoms with Crippen molar-refractivity contribution in [2.24, 2.45) is 5.92 Å². The summed E-state index contributed by atoms with van der Waals surface area (Å²) in [7, 11) is 1.29. The Kier molecular flexibility index (Phi) is 7.22. The topological polar surface area (TPSA) is 88.4 Å². The minimum absolute atomic E-state index is 0.0750. The van der Waals surface area contributed by atoms with Gasteiger partial charge in [-0.3, -0.25) is 4.79 Å². The van der Waals surface area contributed by atoms with Gasteiger partial charge >= 0.3 is 5.97 Å². The van der Waals surface area contributed by atoms with Crippen molar-refractivity contribution in [1.82, 2.24) is 5.32 Å². The van der Waals surface area contributed by atoms with E-state index in [0.717, 1.165) is 19.3 Å². The Morgan fingerprint density at radius 2 is 1.96 bits per heavy atom. The number of nitrogens with one attached hydrogen (secondary N) is 1. The maximum atomic E-state index is 12.4. The summed E-state index contributed by atoms with van der Waals surface area (Å²) in [6, 6.07) is 8.89. The molecule has 2 atom stereocenters. The summed E-state index contributed by atoms with van der Waals surface area (Å²) >= 11 is 0. The lowest BCUT2D eigenvalue weighted by Gasteiger charge is -2.29. The Hall–Kier alpha value is -2.81. The molecule has 6 nitrogen and oxygen atoms in total. The third-order valence-electron chi connectivity index (χ3n) is 4.57. The van der Waals surface area contributed by atoms with E-state index < -0.39 is 5.97 Å². The van der Waals surface area contributed by atoms with Crippen LogP contribution in [-0.4, -0.2) is 31.6 Å². The second-order valence-corrected chi connectivity index (χ2v) is 6.45. The van der Waals surface area contributed by atoms with Crippen LogP contribution in [0.5, 0.6) is 5.75 Å². The number of hydrogen-bond donors (Lipinski definition) is 1. The van der Waals surface area contributed by atoms with Crippen molar-refractivity contribution in [1.29, 1.82) is 5.26 Å². The number of nitrogens with zero attached hydrogens (tertiary/aromatic N) is 1. The molecule has 0 heterocycles. The smallest absolute Gasteiger partial charge is 0.343 e. The van der Waals surface area contributed by atoms with Gasteiger partial charge in [-0.1, -0.05) is 31.9 Å². The van der Waals surface area contributed by atoms with Gasteiger partial charge in [-0.15, -0.1) is 0 Å². The number of methoxy groups -OCH3 is 1. The zero-order valence-corrected chi connectivity index (χ0v) is 15.2. The van der Waals surface area contributed by atoms with Crippen LogP contribution in [0.25, 0.3) is 6.08 Å². The fourth-order valence-corrected chi connectivity index (χ4v) is 2.95. The van der Waals surface area contributed by atoms with E-state index in [9.17, 15) is 14.9 Å². The van der Waals surface area contributed by atoms with Crippen molar-refractivity contribution in [2.45, 2.75) is 38.6 Å². The fourth-order valence-electron chi connectivity index (χ4n) is 2.95. The van der Waals surface area contributed by atoms with Crippen molar-refractivity contribution in [3.63, 3.8) is 0 Å². The van der Waals surface area contributed by atoms with Gasteiger partial charge in [-0.2, -0.15) is 5.26 Å². The van der Waals surface area contributed by atoms with Crippen molar-refractivity contribution < 1.29 is 19.1 Å². The summed E-state index contributed by atoms with van der Waals surface area (Å²) in [6.07, 6.45) is 5.90. The molecule has 1 aliphatic carbocycles. The lowest BCUT2D eigenvalue weighted by atomic mass is 9.86. The fraction of sp³-hybridized carbons (Fsp3) is 0.450. The molecule has 1 aliphatic rings. The highest BCUT2D eigenvalue weighted by atomic mass is 16.6. The largest absolute Gasteiger partial charge is 0.482 e. The highest BCUT2D eigenvalue weighted by Crippen LogP contribution is 2.24. The van der Waals surface area contributed by atoms with Crippen molar-refractivity contribution in [3.05, 3.63) is 35.4 Å². The number of carbonyl (C=O) groups is 2. The van der Waals surface area contributed by atoms with Gasteiger partial charge in [0.05, 0.1) is 7.11 Å². The Labute approximate surface area is 153 Å². The minimum Gasteiger partial charge on any atom is -0.482 e. The normalized spacial score (nSPS) is 20.0. The van der Waals surface area contributed by atoms with Gasteiger partial charge in [0, 0.05) is 6.04 Å². The van der Waals surface area contributed by atoms with Crippen molar-refractivity contribution in [2.75, 3.05) is 13.7 Å². The molecule has 0 spiro atoms. The number of nitriles is 1. The van der Waals surface area contributed by atoms with Crippen molar-refractivity contribution in [3.8, 4) is 11.8 Å². The first-order valence-electron chi connectivity index (χ1n) is 8.76. The molecule has 1 aromatic rings. The van der Waals surface area contributed by atoms with Crippen molar-refractivity contribution >= 4 is 18.0 Å². The molecule has 138 valence electrons. The highest BCUT2D eigenvalue weighted by Gasteiger charge is 2.24. The third-order valence-corrected chi connectivity index (χ3v) is 4.57. The number of benzene rings is 1. The van der Waals surface area contributed by atoms with Crippen LogP contribution < -0.4 is 10.1 Å². The Bertz CT molecular complexity index is 704. The summed E-state index contributed by atoms with van der Waals surface area (Å²) in [5, 5.41) is 12.3. The summed E-state index contributed by atoms with van der Waals surface area (Å²) < 4.78 is 9.77. The standard InChI is InChI=1S/C20H24N2O4/c1-14-5-3-4-6-18(14)22-20(24)16(12-21)11-15-7-9-17(10-8-15)26-13-19(23)25-2/h7-11,14,18H,3-6,13H2,1-2H3,(H,22,24). The van der Waals surface area contributed by atoms with E-state index in [1.165, 1.54) is 13.5 Å². The van der Waals surface area contributed by atoms with E-state index in [1.807, 2.05) is 6.07 Å². The van der Waals surface area contributed by atoms with Gasteiger partial charge in [0.25, 0.3) is 5.91 Å². The van der Waals surface area contributed by atoms with Crippen LogP contribution in [0.4, 0.5) is 0 Å². The molecule has 1 aromatic carbocycles. The van der Waals surface area contributed by atoms with Crippen LogP contribution in [0.2, 0.25) is 0 Å². The Balaban J connectivity index is 1.99. The first-order valence-corrected chi connectivity index (χ1v) is 8.76. The van der Waals surface area contributed by atoms with E-state index in [1.54, 1.807) is 30.3 Å². The molecule has 0 saturated heterocycles. The zero-order valence-electron chi connectivity index (χ0n) is 15.2. The minimum atomic E-state index is -0.464. The number of esters is 1. The van der Waals surface area contributed by atoms with E-state index in [0.29, 0.717) is 17.2 Å². The molecule has 1 N–H and O–H groups in total. The predicted molar refractivity (Wildman–Crippen MR) is 97.1 cm³/mol. The summed E-state index contributed by atoms with van der Waals surface area (Å²) in [6.45, 7) is 1.96. The maximum absolute atomic E-state index is 12.4. The molecule has 6 heteroatoms. The molecule has 2 unspecified atom stereocenters. The van der Waals surface area contributed by atoms with Gasteiger partial charge in [0.1, 0.15) is 17.4 Å². The second kappa shape index (κ2) is 9.62.